The van der Waals surface area contributed by atoms with Gasteiger partial charge in [0.05, 0.1) is 19.5 Å². The highest BCUT2D eigenvalue weighted by molar-refractivity contribution is 8.00. The Hall–Kier alpha value is -3.17. The van der Waals surface area contributed by atoms with Crippen LogP contribution in [0.4, 0.5) is 5.82 Å². The lowest BCUT2D eigenvalue weighted by Gasteiger charge is -2.29. The average Bonchev–Trinajstić information content (AvgIpc) is 3.55. The Morgan fingerprint density at radius 3 is 2.97 bits per heavy atom. The molecule has 2 N–H and O–H groups in total. The molecule has 2 aliphatic heterocycles. The molecule has 5 heterocycles. The number of anilines is 1. The molecule has 38 heavy (non-hydrogen) atoms. The van der Waals surface area contributed by atoms with Crippen molar-refractivity contribution in [1.82, 2.24) is 24.7 Å². The van der Waals surface area contributed by atoms with E-state index in [1.165, 1.54) is 5.56 Å². The minimum Gasteiger partial charge on any atom is -0.378 e. The molecule has 0 saturated carbocycles. The summed E-state index contributed by atoms with van der Waals surface area (Å²) in [5, 5.41) is 2.28. The molecule has 5 rings (SSSR count). The number of nitrogens with one attached hydrogen (secondary N) is 2. The number of pyridine rings is 1. The van der Waals surface area contributed by atoms with Crippen molar-refractivity contribution < 1.29 is 13.2 Å². The van der Waals surface area contributed by atoms with E-state index >= 15 is 0 Å². The maximum Gasteiger partial charge on any atom is 0.209 e. The van der Waals surface area contributed by atoms with Gasteiger partial charge in [-0.3, -0.25) is 0 Å². The van der Waals surface area contributed by atoms with Crippen LogP contribution in [0.3, 0.4) is 0 Å². The van der Waals surface area contributed by atoms with Crippen LogP contribution in [0.15, 0.2) is 53.4 Å². The molecule has 3 aromatic heterocycles. The second-order valence-corrected chi connectivity index (χ2v) is 12.2. The van der Waals surface area contributed by atoms with Crippen molar-refractivity contribution in [3.8, 4) is 23.2 Å². The Morgan fingerprint density at radius 2 is 2.18 bits per heavy atom. The van der Waals surface area contributed by atoms with Gasteiger partial charge in [0.15, 0.2) is 5.82 Å². The Kier molecular flexibility index (Phi) is 8.14. The number of sulfonamides is 1. The quantitative estimate of drug-likeness (QED) is 0.262. The van der Waals surface area contributed by atoms with Crippen molar-refractivity contribution in [2.24, 2.45) is 0 Å². The minimum atomic E-state index is -3.24. The Balaban J connectivity index is 1.32. The molecule has 3 aromatic rings. The zero-order valence-corrected chi connectivity index (χ0v) is 23.0. The molecule has 11 heteroatoms. The van der Waals surface area contributed by atoms with Crippen LogP contribution >= 0.6 is 11.8 Å². The van der Waals surface area contributed by atoms with Crippen molar-refractivity contribution in [2.45, 2.75) is 30.0 Å². The molecule has 9 nitrogen and oxygen atoms in total. The summed E-state index contributed by atoms with van der Waals surface area (Å²) < 4.78 is 30.7. The fraction of sp³-hybridized carbons (Fsp3) is 0.370. The number of H-pyrrole nitrogens is 1. The monoisotopic (exact) mass is 550 g/mol. The van der Waals surface area contributed by atoms with Gasteiger partial charge in [-0.25, -0.2) is 28.1 Å². The third kappa shape index (κ3) is 6.45. The fourth-order valence-electron chi connectivity index (χ4n) is 4.32. The highest BCUT2D eigenvalue weighted by Gasteiger charge is 2.29. The van der Waals surface area contributed by atoms with E-state index in [9.17, 15) is 8.42 Å². The first-order chi connectivity index (χ1) is 18.4. The van der Waals surface area contributed by atoms with Gasteiger partial charge >= 0.3 is 0 Å². The summed E-state index contributed by atoms with van der Waals surface area (Å²) in [5.74, 6) is 7.84. The topological polar surface area (TPSA) is 113 Å². The number of morpholine rings is 1. The molecule has 0 amide bonds. The van der Waals surface area contributed by atoms with Crippen molar-refractivity contribution >= 4 is 38.6 Å². The summed E-state index contributed by atoms with van der Waals surface area (Å²) in [4.78, 5) is 20.0. The largest absolute Gasteiger partial charge is 0.378 e. The lowest BCUT2D eigenvalue weighted by Crippen LogP contribution is -2.37. The van der Waals surface area contributed by atoms with Gasteiger partial charge in [-0.2, -0.15) is 0 Å². The van der Waals surface area contributed by atoms with E-state index in [0.717, 1.165) is 58.8 Å². The van der Waals surface area contributed by atoms with Gasteiger partial charge in [-0.15, -0.1) is 0 Å². The fourth-order valence-corrected chi connectivity index (χ4v) is 5.92. The van der Waals surface area contributed by atoms with E-state index in [1.807, 2.05) is 31.5 Å². The number of allylic oxidation sites excluding steroid dienone is 2. The van der Waals surface area contributed by atoms with Crippen LogP contribution in [-0.2, 0) is 21.2 Å². The van der Waals surface area contributed by atoms with Gasteiger partial charge in [0, 0.05) is 65.8 Å². The standard InChI is InChI=1S/C27H30N6O3S2/c1-3-19(17-30-38(2,34)35)7-5-4-6-8-22-16-23-26(33-11-13-36-14-12-33)31-25(32-27(23)37-22)21-15-20-9-10-28-24(20)29-18-21/h3,6,8-10,15,18,22,30H,4,11-14,16-17H2,1-2H3,(H,28,29)/b8-6+,19-3+. The second-order valence-electron chi connectivity index (χ2n) is 9.10. The maximum atomic E-state index is 11.3. The van der Waals surface area contributed by atoms with Gasteiger partial charge in [0.25, 0.3) is 0 Å². The molecule has 0 aromatic carbocycles. The number of hydrogen-bond donors (Lipinski definition) is 2. The molecule has 0 bridgehead atoms. The summed E-state index contributed by atoms with van der Waals surface area (Å²) in [6.45, 7) is 5.05. The predicted octanol–water partition coefficient (Wildman–Crippen LogP) is 3.32. The summed E-state index contributed by atoms with van der Waals surface area (Å²) in [5.41, 5.74) is 3.67. The van der Waals surface area contributed by atoms with Crippen LogP contribution in [0, 0.1) is 11.8 Å². The van der Waals surface area contributed by atoms with Crippen LogP contribution < -0.4 is 9.62 Å². The Bertz CT molecular complexity index is 1550. The van der Waals surface area contributed by atoms with Crippen LogP contribution in [-0.4, -0.2) is 72.7 Å². The lowest BCUT2D eigenvalue weighted by atomic mass is 10.1. The van der Waals surface area contributed by atoms with Crippen molar-refractivity contribution in [2.75, 3.05) is 44.0 Å². The summed E-state index contributed by atoms with van der Waals surface area (Å²) in [7, 11) is -3.24. The SMILES string of the molecule is C/C=C(\C#CC/C=C/C1Cc2c(nc(-c3cnc4[nH]ccc4c3)nc2N2CCOCC2)S1)CNS(C)(=O)=O. The first kappa shape index (κ1) is 26.4. The third-order valence-corrected chi connectivity index (χ3v) is 8.13. The lowest BCUT2D eigenvalue weighted by molar-refractivity contribution is 0.122. The van der Waals surface area contributed by atoms with E-state index in [4.69, 9.17) is 14.7 Å². The summed E-state index contributed by atoms with van der Waals surface area (Å²) in [6.07, 6.45) is 12.4. The van der Waals surface area contributed by atoms with Crippen molar-refractivity contribution in [1.29, 1.82) is 0 Å². The normalized spacial score (nSPS) is 18.1. The summed E-state index contributed by atoms with van der Waals surface area (Å²) >= 11 is 1.75. The molecule has 198 valence electrons. The number of hydrogen-bond acceptors (Lipinski definition) is 8. The molecule has 0 spiro atoms. The van der Waals surface area contributed by atoms with Crippen LogP contribution in [0.2, 0.25) is 0 Å². The Labute approximate surface area is 227 Å². The van der Waals surface area contributed by atoms with Gasteiger partial charge < -0.3 is 14.6 Å². The van der Waals surface area contributed by atoms with Gasteiger partial charge in [0.1, 0.15) is 16.5 Å². The third-order valence-electron chi connectivity index (χ3n) is 6.28. The van der Waals surface area contributed by atoms with Crippen LogP contribution in [0.25, 0.3) is 22.4 Å². The van der Waals surface area contributed by atoms with Gasteiger partial charge in [0.2, 0.25) is 10.0 Å². The second kappa shape index (κ2) is 11.7. The van der Waals surface area contributed by atoms with Crippen LogP contribution in [0.5, 0.6) is 0 Å². The van der Waals surface area contributed by atoms with Crippen LogP contribution in [0.1, 0.15) is 18.9 Å². The van der Waals surface area contributed by atoms with E-state index in [1.54, 1.807) is 11.8 Å². The van der Waals surface area contributed by atoms with E-state index in [-0.39, 0.29) is 11.8 Å². The highest BCUT2D eigenvalue weighted by Crippen LogP contribution is 2.42. The van der Waals surface area contributed by atoms with E-state index in [0.29, 0.717) is 25.5 Å². The number of nitrogens with zero attached hydrogens (tertiary/aromatic N) is 4. The molecule has 1 fully saturated rings. The zero-order valence-electron chi connectivity index (χ0n) is 21.4. The minimum absolute atomic E-state index is 0.206. The predicted molar refractivity (Wildman–Crippen MR) is 152 cm³/mol. The van der Waals surface area contributed by atoms with Crippen molar-refractivity contribution in [3.05, 3.63) is 53.9 Å². The molecule has 0 radical (unpaired) electrons. The number of rotatable bonds is 7. The van der Waals surface area contributed by atoms with E-state index in [2.05, 4.69) is 49.6 Å². The maximum absolute atomic E-state index is 11.3. The van der Waals surface area contributed by atoms with Crippen molar-refractivity contribution in [3.63, 3.8) is 0 Å². The number of fused-ring (bicyclic) bond motifs is 2. The number of thioether (sulfide) groups is 1. The number of aromatic amines is 1. The zero-order chi connectivity index (χ0) is 26.5. The molecular weight excluding hydrogens is 520 g/mol. The highest BCUT2D eigenvalue weighted by atomic mass is 32.2. The molecular formula is C27H30N6O3S2. The van der Waals surface area contributed by atoms with Gasteiger partial charge in [-0.05, 0) is 25.5 Å². The number of ether oxygens (including phenoxy) is 1. The first-order valence-electron chi connectivity index (χ1n) is 12.5. The summed E-state index contributed by atoms with van der Waals surface area (Å²) in [6, 6.07) is 4.08. The average molecular weight is 551 g/mol. The molecule has 2 aliphatic rings. The molecule has 1 saturated heterocycles. The van der Waals surface area contributed by atoms with E-state index < -0.39 is 10.0 Å². The molecule has 0 aliphatic carbocycles. The number of aromatic nitrogens is 4. The first-order valence-corrected chi connectivity index (χ1v) is 15.3. The Morgan fingerprint density at radius 1 is 1.34 bits per heavy atom. The smallest absolute Gasteiger partial charge is 0.209 e. The molecule has 1 unspecified atom stereocenters. The van der Waals surface area contributed by atoms with Gasteiger partial charge in [-0.1, -0.05) is 41.8 Å². The molecule has 1 atom stereocenters.